The number of nitrogens with one attached hydrogen (secondary N) is 1. The molecule has 0 saturated heterocycles. The molecule has 0 amide bonds. The van der Waals surface area contributed by atoms with Gasteiger partial charge in [-0.15, -0.1) is 0 Å². The van der Waals surface area contributed by atoms with E-state index in [1.54, 1.807) is 7.11 Å². The minimum atomic E-state index is 0.914. The van der Waals surface area contributed by atoms with E-state index < -0.39 is 0 Å². The molecule has 0 aliphatic carbocycles. The zero-order chi connectivity index (χ0) is 14.0. The predicted molar refractivity (Wildman–Crippen MR) is 84.1 cm³/mol. The second kappa shape index (κ2) is 8.39. The lowest BCUT2D eigenvalue weighted by Crippen LogP contribution is -2.14. The van der Waals surface area contributed by atoms with Crippen molar-refractivity contribution < 1.29 is 4.74 Å². The van der Waals surface area contributed by atoms with Crippen LogP contribution in [-0.4, -0.2) is 13.7 Å². The van der Waals surface area contributed by atoms with Crippen LogP contribution in [0, 0.1) is 0 Å². The van der Waals surface area contributed by atoms with E-state index in [1.807, 2.05) is 12.1 Å². The molecule has 2 rings (SSSR count). The molecule has 0 spiro atoms. The van der Waals surface area contributed by atoms with Crippen LogP contribution in [0.4, 0.5) is 0 Å². The van der Waals surface area contributed by atoms with Gasteiger partial charge in [0.05, 0.1) is 7.11 Å². The summed E-state index contributed by atoms with van der Waals surface area (Å²) in [7, 11) is 1.69. The van der Waals surface area contributed by atoms with Gasteiger partial charge < -0.3 is 10.1 Å². The van der Waals surface area contributed by atoms with Gasteiger partial charge in [-0.2, -0.15) is 0 Å². The lowest BCUT2D eigenvalue weighted by Gasteiger charge is -2.06. The second-order valence-corrected chi connectivity index (χ2v) is 4.97. The zero-order valence-corrected chi connectivity index (χ0v) is 12.1. The molecule has 1 N–H and O–H groups in total. The molecule has 20 heavy (non-hydrogen) atoms. The highest BCUT2D eigenvalue weighted by atomic mass is 16.5. The van der Waals surface area contributed by atoms with Crippen molar-refractivity contribution >= 4 is 0 Å². The molecule has 0 unspecified atom stereocenters. The molecule has 0 fully saturated rings. The van der Waals surface area contributed by atoms with Crippen molar-refractivity contribution in [2.75, 3.05) is 13.7 Å². The van der Waals surface area contributed by atoms with E-state index in [2.05, 4.69) is 47.8 Å². The Morgan fingerprint density at radius 2 is 1.60 bits per heavy atom. The van der Waals surface area contributed by atoms with Crippen molar-refractivity contribution in [2.45, 2.75) is 25.8 Å². The number of rotatable bonds is 8. The van der Waals surface area contributed by atoms with Crippen molar-refractivity contribution in [3.05, 3.63) is 65.7 Å². The number of methoxy groups -OCH3 is 1. The van der Waals surface area contributed by atoms with E-state index in [-0.39, 0.29) is 0 Å². The SMILES string of the molecule is COc1ccc(CNCCCCc2ccccc2)cc1. The predicted octanol–water partition coefficient (Wildman–Crippen LogP) is 3.81. The maximum absolute atomic E-state index is 5.15. The normalized spacial score (nSPS) is 10.4. The number of benzene rings is 2. The van der Waals surface area contributed by atoms with Gasteiger partial charge in [-0.3, -0.25) is 0 Å². The molecule has 2 nitrogen and oxygen atoms in total. The first kappa shape index (κ1) is 14.6. The maximum Gasteiger partial charge on any atom is 0.118 e. The maximum atomic E-state index is 5.15. The minimum Gasteiger partial charge on any atom is -0.497 e. The van der Waals surface area contributed by atoms with Crippen molar-refractivity contribution in [1.29, 1.82) is 0 Å². The molecular weight excluding hydrogens is 246 g/mol. The number of ether oxygens (including phenoxy) is 1. The first-order chi connectivity index (χ1) is 9.88. The van der Waals surface area contributed by atoms with Gasteiger partial charge in [0.25, 0.3) is 0 Å². The van der Waals surface area contributed by atoms with Crippen LogP contribution in [0.25, 0.3) is 0 Å². The number of unbranched alkanes of at least 4 members (excludes halogenated alkanes) is 1. The molecule has 0 aliphatic heterocycles. The van der Waals surface area contributed by atoms with E-state index in [0.717, 1.165) is 18.8 Å². The van der Waals surface area contributed by atoms with Crippen LogP contribution in [-0.2, 0) is 13.0 Å². The van der Waals surface area contributed by atoms with E-state index in [0.29, 0.717) is 0 Å². The Morgan fingerprint density at radius 1 is 0.850 bits per heavy atom. The van der Waals surface area contributed by atoms with Crippen LogP contribution in [0.5, 0.6) is 5.75 Å². The highest BCUT2D eigenvalue weighted by Crippen LogP contribution is 2.11. The Hall–Kier alpha value is -1.80. The minimum absolute atomic E-state index is 0.914. The average molecular weight is 269 g/mol. The summed E-state index contributed by atoms with van der Waals surface area (Å²) in [6, 6.07) is 18.9. The summed E-state index contributed by atoms with van der Waals surface area (Å²) < 4.78 is 5.15. The molecule has 0 radical (unpaired) electrons. The first-order valence-corrected chi connectivity index (χ1v) is 7.26. The third kappa shape index (κ3) is 5.06. The lowest BCUT2D eigenvalue weighted by atomic mass is 10.1. The molecule has 0 aromatic heterocycles. The molecule has 0 heterocycles. The highest BCUT2D eigenvalue weighted by Gasteiger charge is 1.95. The Kier molecular flexibility index (Phi) is 6.12. The zero-order valence-electron chi connectivity index (χ0n) is 12.1. The van der Waals surface area contributed by atoms with Gasteiger partial charge in [-0.25, -0.2) is 0 Å². The summed E-state index contributed by atoms with van der Waals surface area (Å²) in [4.78, 5) is 0. The van der Waals surface area contributed by atoms with Crippen LogP contribution in [0.15, 0.2) is 54.6 Å². The molecule has 0 aliphatic rings. The Labute approximate surface area is 121 Å². The van der Waals surface area contributed by atoms with Gasteiger partial charge in [-0.05, 0) is 49.1 Å². The fourth-order valence-corrected chi connectivity index (χ4v) is 2.20. The number of hydrogen-bond donors (Lipinski definition) is 1. The number of hydrogen-bond acceptors (Lipinski definition) is 2. The second-order valence-electron chi connectivity index (χ2n) is 4.97. The summed E-state index contributed by atoms with van der Waals surface area (Å²) >= 11 is 0. The smallest absolute Gasteiger partial charge is 0.118 e. The Morgan fingerprint density at radius 3 is 2.30 bits per heavy atom. The quantitative estimate of drug-likeness (QED) is 0.736. The monoisotopic (exact) mass is 269 g/mol. The summed E-state index contributed by atoms with van der Waals surface area (Å²) in [5.74, 6) is 0.914. The van der Waals surface area contributed by atoms with Crippen LogP contribution in [0.2, 0.25) is 0 Å². The van der Waals surface area contributed by atoms with Crippen LogP contribution < -0.4 is 10.1 Å². The van der Waals surface area contributed by atoms with Crippen molar-refractivity contribution in [3.8, 4) is 5.75 Å². The van der Waals surface area contributed by atoms with Crippen molar-refractivity contribution in [2.24, 2.45) is 0 Å². The summed E-state index contributed by atoms with van der Waals surface area (Å²) in [5, 5.41) is 3.48. The molecule has 0 atom stereocenters. The molecule has 2 aromatic carbocycles. The van der Waals surface area contributed by atoms with Gasteiger partial charge >= 0.3 is 0 Å². The average Bonchev–Trinajstić information content (AvgIpc) is 2.52. The first-order valence-electron chi connectivity index (χ1n) is 7.26. The lowest BCUT2D eigenvalue weighted by molar-refractivity contribution is 0.414. The third-order valence-corrected chi connectivity index (χ3v) is 3.40. The fraction of sp³-hybridized carbons (Fsp3) is 0.333. The molecule has 0 bridgehead atoms. The van der Waals surface area contributed by atoms with Gasteiger partial charge in [0.1, 0.15) is 5.75 Å². The molecule has 2 heteroatoms. The highest BCUT2D eigenvalue weighted by molar-refractivity contribution is 5.26. The summed E-state index contributed by atoms with van der Waals surface area (Å²) in [6.45, 7) is 1.99. The van der Waals surface area contributed by atoms with Crippen LogP contribution in [0.3, 0.4) is 0 Å². The van der Waals surface area contributed by atoms with E-state index in [1.165, 1.54) is 30.4 Å². The van der Waals surface area contributed by atoms with E-state index in [9.17, 15) is 0 Å². The fourth-order valence-electron chi connectivity index (χ4n) is 2.20. The van der Waals surface area contributed by atoms with Gasteiger partial charge in [-0.1, -0.05) is 42.5 Å². The van der Waals surface area contributed by atoms with Gasteiger partial charge in [0.2, 0.25) is 0 Å². The molecule has 0 saturated carbocycles. The summed E-state index contributed by atoms with van der Waals surface area (Å²) in [6.07, 6.45) is 3.62. The topological polar surface area (TPSA) is 21.3 Å². The van der Waals surface area contributed by atoms with Gasteiger partial charge in [0.15, 0.2) is 0 Å². The summed E-state index contributed by atoms with van der Waals surface area (Å²) in [5.41, 5.74) is 2.73. The molecular formula is C18H23NO. The van der Waals surface area contributed by atoms with E-state index >= 15 is 0 Å². The third-order valence-electron chi connectivity index (χ3n) is 3.40. The standard InChI is InChI=1S/C18H23NO/c1-20-18-12-10-17(11-13-18)15-19-14-6-5-9-16-7-3-2-4-8-16/h2-4,7-8,10-13,19H,5-6,9,14-15H2,1H3. The van der Waals surface area contributed by atoms with Gasteiger partial charge in [0, 0.05) is 6.54 Å². The number of aryl methyl sites for hydroxylation is 1. The Balaban J connectivity index is 1.57. The van der Waals surface area contributed by atoms with E-state index in [4.69, 9.17) is 4.74 Å². The van der Waals surface area contributed by atoms with Crippen LogP contribution >= 0.6 is 0 Å². The molecule has 2 aromatic rings. The Bertz CT molecular complexity index is 479. The van der Waals surface area contributed by atoms with Crippen molar-refractivity contribution in [3.63, 3.8) is 0 Å². The van der Waals surface area contributed by atoms with Crippen LogP contribution in [0.1, 0.15) is 24.0 Å². The van der Waals surface area contributed by atoms with Crippen molar-refractivity contribution in [1.82, 2.24) is 5.32 Å². The molecule has 106 valence electrons. The largest absolute Gasteiger partial charge is 0.497 e.